The molecular formula is C27H32ClN7OS. The Morgan fingerprint density at radius 2 is 2.00 bits per heavy atom. The molecule has 0 atom stereocenters. The molecule has 5 rings (SSSR count). The van der Waals surface area contributed by atoms with Gasteiger partial charge in [0.1, 0.15) is 5.82 Å². The molecule has 1 saturated heterocycles. The molecule has 2 aliphatic rings. The number of thiocarbonyl (C=S) groups is 1. The van der Waals surface area contributed by atoms with Crippen molar-refractivity contribution < 1.29 is 4.74 Å². The molecular weight excluding hydrogens is 506 g/mol. The molecule has 0 amide bonds. The van der Waals surface area contributed by atoms with Gasteiger partial charge in [0.2, 0.25) is 5.95 Å². The third-order valence-electron chi connectivity index (χ3n) is 6.64. The van der Waals surface area contributed by atoms with E-state index in [4.69, 9.17) is 38.5 Å². The molecule has 1 fully saturated rings. The Morgan fingerprint density at radius 3 is 2.76 bits per heavy atom. The minimum absolute atomic E-state index is 0.519. The molecule has 1 aromatic carbocycles. The van der Waals surface area contributed by atoms with Crippen LogP contribution in [-0.4, -0.2) is 71.8 Å². The topological polar surface area (TPSA) is 78.4 Å². The maximum Gasteiger partial charge on any atom is 0.227 e. The summed E-state index contributed by atoms with van der Waals surface area (Å²) in [7, 11) is 4.16. The van der Waals surface area contributed by atoms with Gasteiger partial charge >= 0.3 is 0 Å². The number of morpholine rings is 1. The Labute approximate surface area is 228 Å². The molecule has 8 nitrogen and oxygen atoms in total. The molecule has 0 unspecified atom stereocenters. The van der Waals surface area contributed by atoms with Crippen molar-refractivity contribution >= 4 is 51.9 Å². The van der Waals surface area contributed by atoms with Gasteiger partial charge in [-0.25, -0.2) is 15.0 Å². The second-order valence-electron chi connectivity index (χ2n) is 9.72. The fourth-order valence-electron chi connectivity index (χ4n) is 4.66. The van der Waals surface area contributed by atoms with Crippen molar-refractivity contribution in [2.45, 2.75) is 26.2 Å². The van der Waals surface area contributed by atoms with E-state index >= 15 is 0 Å². The van der Waals surface area contributed by atoms with Gasteiger partial charge in [-0.3, -0.25) is 0 Å². The van der Waals surface area contributed by atoms with Crippen LogP contribution in [0.5, 0.6) is 0 Å². The first kappa shape index (κ1) is 25.8. The zero-order chi connectivity index (χ0) is 25.9. The maximum absolute atomic E-state index is 6.67. The second-order valence-corrected chi connectivity index (χ2v) is 10.6. The molecule has 0 spiro atoms. The van der Waals surface area contributed by atoms with Gasteiger partial charge in [0, 0.05) is 47.5 Å². The van der Waals surface area contributed by atoms with Crippen molar-refractivity contribution in [2.75, 3.05) is 62.5 Å². The Balaban J connectivity index is 1.44. The number of ether oxygens (including phenoxy) is 1. The number of fused-ring (bicyclic) bond motifs is 3. The third kappa shape index (κ3) is 6.01. The van der Waals surface area contributed by atoms with E-state index in [1.165, 1.54) is 0 Å². The normalized spacial score (nSPS) is 15.2. The Morgan fingerprint density at radius 1 is 1.19 bits per heavy atom. The van der Waals surface area contributed by atoms with Crippen molar-refractivity contribution in [3.05, 3.63) is 52.3 Å². The predicted octanol–water partition coefficient (Wildman–Crippen LogP) is 4.87. The summed E-state index contributed by atoms with van der Waals surface area (Å²) in [4.78, 5) is 19.5. The SMILES string of the molecule is Cc1nc(N2CCOCC2)ccc1Nc1ncc2c(n1)-c1cc(CCCN(C)C)c(Cl)cc1NC(=S)C2. The van der Waals surface area contributed by atoms with Crippen LogP contribution in [0.1, 0.15) is 23.2 Å². The van der Waals surface area contributed by atoms with Crippen molar-refractivity contribution in [1.29, 1.82) is 0 Å². The molecule has 10 heteroatoms. The molecule has 0 bridgehead atoms. The summed E-state index contributed by atoms with van der Waals surface area (Å²) in [5.74, 6) is 1.48. The lowest BCUT2D eigenvalue weighted by atomic mass is 10.00. The van der Waals surface area contributed by atoms with Crippen LogP contribution < -0.4 is 15.5 Å². The van der Waals surface area contributed by atoms with Crippen LogP contribution in [0.4, 0.5) is 23.1 Å². The molecule has 2 aliphatic heterocycles. The van der Waals surface area contributed by atoms with E-state index in [9.17, 15) is 0 Å². The second kappa shape index (κ2) is 11.3. The first-order valence-corrected chi connectivity index (χ1v) is 13.4. The first-order chi connectivity index (χ1) is 17.9. The minimum atomic E-state index is 0.519. The molecule has 2 N–H and O–H groups in total. The highest BCUT2D eigenvalue weighted by Crippen LogP contribution is 2.37. The van der Waals surface area contributed by atoms with E-state index in [-0.39, 0.29) is 0 Å². The van der Waals surface area contributed by atoms with E-state index in [0.717, 1.165) is 101 Å². The highest BCUT2D eigenvalue weighted by atomic mass is 35.5. The van der Waals surface area contributed by atoms with Gasteiger partial charge in [0.25, 0.3) is 0 Å². The van der Waals surface area contributed by atoms with E-state index in [1.54, 1.807) is 0 Å². The first-order valence-electron chi connectivity index (χ1n) is 12.6. The van der Waals surface area contributed by atoms with Crippen LogP contribution in [0.2, 0.25) is 5.02 Å². The van der Waals surface area contributed by atoms with Gasteiger partial charge in [-0.2, -0.15) is 0 Å². The Bertz CT molecular complexity index is 1310. The number of nitrogens with zero attached hydrogens (tertiary/aromatic N) is 5. The van der Waals surface area contributed by atoms with Gasteiger partial charge in [-0.05, 0) is 70.2 Å². The molecule has 194 valence electrons. The Kier molecular flexibility index (Phi) is 7.85. The van der Waals surface area contributed by atoms with Crippen molar-refractivity contribution in [3.63, 3.8) is 0 Å². The Hall–Kier alpha value is -2.85. The lowest BCUT2D eigenvalue weighted by Gasteiger charge is -2.28. The summed E-state index contributed by atoms with van der Waals surface area (Å²) in [5.41, 5.74) is 6.58. The van der Waals surface area contributed by atoms with E-state index in [2.05, 4.69) is 45.6 Å². The van der Waals surface area contributed by atoms with E-state index in [1.807, 2.05) is 31.3 Å². The fraction of sp³-hybridized carbons (Fsp3) is 0.407. The van der Waals surface area contributed by atoms with Crippen LogP contribution >= 0.6 is 23.8 Å². The predicted molar refractivity (Wildman–Crippen MR) is 155 cm³/mol. The monoisotopic (exact) mass is 537 g/mol. The summed E-state index contributed by atoms with van der Waals surface area (Å²) in [6.45, 7) is 6.15. The largest absolute Gasteiger partial charge is 0.378 e. The van der Waals surface area contributed by atoms with Gasteiger partial charge in [0.15, 0.2) is 0 Å². The fourth-order valence-corrected chi connectivity index (χ4v) is 5.18. The summed E-state index contributed by atoms with van der Waals surface area (Å²) >= 11 is 12.3. The maximum atomic E-state index is 6.67. The van der Waals surface area contributed by atoms with Crippen molar-refractivity contribution in [1.82, 2.24) is 19.9 Å². The van der Waals surface area contributed by atoms with Gasteiger partial charge in [-0.15, -0.1) is 0 Å². The van der Waals surface area contributed by atoms with Crippen LogP contribution in [-0.2, 0) is 17.6 Å². The van der Waals surface area contributed by atoms with Crippen LogP contribution in [0.15, 0.2) is 30.5 Å². The number of halogens is 1. The van der Waals surface area contributed by atoms with Crippen molar-refractivity contribution in [3.8, 4) is 11.3 Å². The molecule has 0 aliphatic carbocycles. The molecule has 4 heterocycles. The molecule has 0 radical (unpaired) electrons. The number of aromatic nitrogens is 3. The smallest absolute Gasteiger partial charge is 0.227 e. The van der Waals surface area contributed by atoms with Gasteiger partial charge in [-0.1, -0.05) is 23.8 Å². The molecule has 2 aromatic heterocycles. The number of anilines is 4. The number of hydrogen-bond acceptors (Lipinski definition) is 8. The average molecular weight is 538 g/mol. The molecule has 3 aromatic rings. The zero-order valence-electron chi connectivity index (χ0n) is 21.5. The molecule has 0 saturated carbocycles. The van der Waals surface area contributed by atoms with Crippen molar-refractivity contribution in [2.24, 2.45) is 0 Å². The number of pyridine rings is 1. The summed E-state index contributed by atoms with van der Waals surface area (Å²) in [6, 6.07) is 8.18. The van der Waals surface area contributed by atoms with Gasteiger partial charge in [0.05, 0.1) is 35.3 Å². The number of rotatable bonds is 7. The quantitative estimate of drug-likeness (QED) is 0.410. The van der Waals surface area contributed by atoms with Gasteiger partial charge < -0.3 is 25.2 Å². The van der Waals surface area contributed by atoms with Crippen LogP contribution in [0, 0.1) is 6.92 Å². The van der Waals surface area contributed by atoms with E-state index < -0.39 is 0 Å². The molecule has 37 heavy (non-hydrogen) atoms. The number of nitrogens with one attached hydrogen (secondary N) is 2. The number of benzene rings is 1. The average Bonchev–Trinajstić information content (AvgIpc) is 3.00. The lowest BCUT2D eigenvalue weighted by molar-refractivity contribution is 0.122. The lowest BCUT2D eigenvalue weighted by Crippen LogP contribution is -2.36. The van der Waals surface area contributed by atoms with E-state index in [0.29, 0.717) is 12.4 Å². The summed E-state index contributed by atoms with van der Waals surface area (Å²) < 4.78 is 5.46. The number of hydrogen-bond donors (Lipinski definition) is 2. The minimum Gasteiger partial charge on any atom is -0.378 e. The van der Waals surface area contributed by atoms with Crippen LogP contribution in [0.3, 0.4) is 0 Å². The highest BCUT2D eigenvalue weighted by Gasteiger charge is 2.22. The zero-order valence-corrected chi connectivity index (χ0v) is 23.0. The third-order valence-corrected chi connectivity index (χ3v) is 7.23. The standard InChI is InChI=1S/C27H32ClN7OS/c1-17-22(6-7-24(30-17)35-9-11-36-12-10-35)32-27-29-16-19-14-25(37)31-23-15-21(28)18(5-4-8-34(2)3)13-20(23)26(19)33-27/h6-7,13,15-16H,4-5,8-12,14H2,1-3H3,(H,31,37)(H,29,32,33). The summed E-state index contributed by atoms with van der Waals surface area (Å²) in [6.07, 6.45) is 4.34. The summed E-state index contributed by atoms with van der Waals surface area (Å²) in [5, 5.41) is 7.47. The number of aryl methyl sites for hydroxylation is 2. The highest BCUT2D eigenvalue weighted by molar-refractivity contribution is 7.80. The van der Waals surface area contributed by atoms with Crippen LogP contribution in [0.25, 0.3) is 11.3 Å².